The van der Waals surface area contributed by atoms with E-state index in [-0.39, 0.29) is 25.9 Å². The molecule has 0 atom stereocenters. The van der Waals surface area contributed by atoms with E-state index in [2.05, 4.69) is 9.88 Å². The van der Waals surface area contributed by atoms with Gasteiger partial charge in [-0.2, -0.15) is 4.98 Å². The van der Waals surface area contributed by atoms with Crippen molar-refractivity contribution in [2.45, 2.75) is 18.8 Å². The molecule has 1 aromatic heterocycles. The Bertz CT molecular complexity index is 774. The summed E-state index contributed by atoms with van der Waals surface area (Å²) in [5.74, 6) is -1.16. The lowest BCUT2D eigenvalue weighted by atomic mass is 10.1. The van der Waals surface area contributed by atoms with Crippen LogP contribution in [0.3, 0.4) is 0 Å². The van der Waals surface area contributed by atoms with Gasteiger partial charge < -0.3 is 14.2 Å². The summed E-state index contributed by atoms with van der Waals surface area (Å²) in [5.41, 5.74) is 2.72. The van der Waals surface area contributed by atoms with Crippen molar-refractivity contribution < 1.29 is 17.4 Å². The number of nitrogens with zero attached hydrogens (tertiary/aromatic N) is 3. The molecule has 2 saturated heterocycles. The molecule has 4 rings (SSSR count). The Morgan fingerprint density at radius 1 is 1.00 bits per heavy atom. The normalized spacial score (nSPS) is 21.2. The average molecular weight is 381 g/mol. The van der Waals surface area contributed by atoms with Crippen LogP contribution in [-0.2, 0) is 10.8 Å². The lowest BCUT2D eigenvalue weighted by Gasteiger charge is -2.30. The Morgan fingerprint density at radius 3 is 2.31 bits per heavy atom. The summed E-state index contributed by atoms with van der Waals surface area (Å²) in [6, 6.07) is 8.41. The first-order valence-corrected chi connectivity index (χ1v) is 10.3. The lowest BCUT2D eigenvalue weighted by molar-refractivity contribution is -0.0226. The predicted octanol–water partition coefficient (Wildman–Crippen LogP) is 3.15. The van der Waals surface area contributed by atoms with E-state index in [9.17, 15) is 13.0 Å². The molecule has 2 fully saturated rings. The SMILES string of the molecule is O=S1CCN(c2ccc(-c3coc(N4CCC(F)(F)CC4)n3)cc2)CC1. The zero-order valence-electron chi connectivity index (χ0n) is 14.4. The van der Waals surface area contributed by atoms with Gasteiger partial charge in [-0.15, -0.1) is 0 Å². The van der Waals surface area contributed by atoms with E-state index in [0.717, 1.165) is 24.3 Å². The minimum Gasteiger partial charge on any atom is -0.431 e. The molecule has 0 unspecified atom stereocenters. The number of rotatable bonds is 3. The monoisotopic (exact) mass is 381 g/mol. The van der Waals surface area contributed by atoms with E-state index in [1.165, 1.54) is 0 Å². The smallest absolute Gasteiger partial charge is 0.297 e. The molecule has 0 spiro atoms. The second-order valence-corrected chi connectivity index (χ2v) is 8.44. The van der Waals surface area contributed by atoms with Gasteiger partial charge in [0.1, 0.15) is 12.0 Å². The van der Waals surface area contributed by atoms with E-state index in [0.29, 0.717) is 23.2 Å². The number of halogens is 2. The molecule has 1 aromatic carbocycles. The topological polar surface area (TPSA) is 49.6 Å². The third kappa shape index (κ3) is 3.75. The van der Waals surface area contributed by atoms with Gasteiger partial charge >= 0.3 is 0 Å². The molecule has 8 heteroatoms. The average Bonchev–Trinajstić information content (AvgIpc) is 3.13. The molecule has 0 amide bonds. The zero-order valence-corrected chi connectivity index (χ0v) is 15.2. The standard InChI is InChI=1S/C18H21F2N3O2S/c19-18(20)5-7-23(8-6-18)17-21-16(13-25-17)14-1-3-15(4-2-14)22-9-11-26(24)12-10-22/h1-4,13H,5-12H2. The second-order valence-electron chi connectivity index (χ2n) is 6.74. The molecule has 0 aliphatic carbocycles. The molecule has 2 aliphatic heterocycles. The van der Waals surface area contributed by atoms with Gasteiger partial charge in [0, 0.05) is 72.6 Å². The van der Waals surface area contributed by atoms with Crippen molar-refractivity contribution in [3.63, 3.8) is 0 Å². The molecule has 0 saturated carbocycles. The van der Waals surface area contributed by atoms with E-state index in [1.807, 2.05) is 24.3 Å². The van der Waals surface area contributed by atoms with E-state index < -0.39 is 16.7 Å². The molecule has 2 aromatic rings. The van der Waals surface area contributed by atoms with Gasteiger partial charge in [-0.25, -0.2) is 8.78 Å². The van der Waals surface area contributed by atoms with Crippen molar-refractivity contribution in [2.24, 2.45) is 0 Å². The van der Waals surface area contributed by atoms with Crippen LogP contribution in [0.25, 0.3) is 11.3 Å². The number of benzene rings is 1. The molecule has 2 aliphatic rings. The first kappa shape index (κ1) is 17.5. The van der Waals surface area contributed by atoms with Gasteiger partial charge in [0.2, 0.25) is 0 Å². The van der Waals surface area contributed by atoms with Gasteiger partial charge in [-0.1, -0.05) is 12.1 Å². The van der Waals surface area contributed by atoms with Crippen LogP contribution in [0.15, 0.2) is 34.9 Å². The van der Waals surface area contributed by atoms with Crippen LogP contribution in [0.4, 0.5) is 20.5 Å². The molecule has 140 valence electrons. The molecule has 3 heterocycles. The van der Waals surface area contributed by atoms with Gasteiger partial charge in [0.15, 0.2) is 0 Å². The number of oxazole rings is 1. The summed E-state index contributed by atoms with van der Waals surface area (Å²) in [4.78, 5) is 8.46. The first-order chi connectivity index (χ1) is 12.5. The number of aromatic nitrogens is 1. The van der Waals surface area contributed by atoms with E-state index in [4.69, 9.17) is 4.42 Å². The third-order valence-corrected chi connectivity index (χ3v) is 6.24. The number of piperidine rings is 1. The first-order valence-electron chi connectivity index (χ1n) is 8.79. The summed E-state index contributed by atoms with van der Waals surface area (Å²) in [5, 5.41) is 0. The number of alkyl halides is 2. The molecule has 0 radical (unpaired) electrons. The fourth-order valence-corrected chi connectivity index (χ4v) is 4.36. The quantitative estimate of drug-likeness (QED) is 0.818. The van der Waals surface area contributed by atoms with Crippen molar-refractivity contribution in [3.8, 4) is 11.3 Å². The van der Waals surface area contributed by atoms with Crippen molar-refractivity contribution >= 4 is 22.5 Å². The summed E-state index contributed by atoms with van der Waals surface area (Å²) in [7, 11) is -0.689. The maximum absolute atomic E-state index is 13.3. The predicted molar refractivity (Wildman–Crippen MR) is 98.4 cm³/mol. The van der Waals surface area contributed by atoms with Gasteiger partial charge in [-0.3, -0.25) is 4.21 Å². The van der Waals surface area contributed by atoms with Crippen LogP contribution >= 0.6 is 0 Å². The van der Waals surface area contributed by atoms with Crippen molar-refractivity contribution in [2.75, 3.05) is 47.5 Å². The molecule has 5 nitrogen and oxygen atoms in total. The van der Waals surface area contributed by atoms with Crippen molar-refractivity contribution in [3.05, 3.63) is 30.5 Å². The molecule has 0 N–H and O–H groups in total. The minimum atomic E-state index is -2.58. The summed E-state index contributed by atoms with van der Waals surface area (Å²) >= 11 is 0. The van der Waals surface area contributed by atoms with Crippen LogP contribution < -0.4 is 9.80 Å². The Morgan fingerprint density at radius 2 is 1.65 bits per heavy atom. The Hall–Kier alpha value is -1.96. The highest BCUT2D eigenvalue weighted by molar-refractivity contribution is 7.85. The van der Waals surface area contributed by atoms with Crippen LogP contribution in [0.5, 0.6) is 0 Å². The summed E-state index contributed by atoms with van der Waals surface area (Å²) < 4.78 is 43.5. The highest BCUT2D eigenvalue weighted by Crippen LogP contribution is 2.31. The highest BCUT2D eigenvalue weighted by Gasteiger charge is 2.35. The van der Waals surface area contributed by atoms with Gasteiger partial charge in [0.25, 0.3) is 11.9 Å². The second kappa shape index (κ2) is 6.98. The highest BCUT2D eigenvalue weighted by atomic mass is 32.2. The van der Waals surface area contributed by atoms with E-state index >= 15 is 0 Å². The maximum Gasteiger partial charge on any atom is 0.297 e. The summed E-state index contributed by atoms with van der Waals surface area (Å²) in [6.07, 6.45) is 1.24. The van der Waals surface area contributed by atoms with E-state index in [1.54, 1.807) is 11.2 Å². The molecule has 0 bridgehead atoms. The molecular weight excluding hydrogens is 360 g/mol. The number of hydrogen-bond donors (Lipinski definition) is 0. The van der Waals surface area contributed by atoms with Crippen LogP contribution in [-0.4, -0.2) is 52.8 Å². The Balaban J connectivity index is 1.44. The van der Waals surface area contributed by atoms with Gasteiger partial charge in [-0.05, 0) is 12.1 Å². The lowest BCUT2D eigenvalue weighted by Crippen LogP contribution is -2.39. The Labute approximate surface area is 153 Å². The van der Waals surface area contributed by atoms with Crippen LogP contribution in [0.1, 0.15) is 12.8 Å². The zero-order chi connectivity index (χ0) is 18.1. The van der Waals surface area contributed by atoms with Crippen LogP contribution in [0, 0.1) is 0 Å². The van der Waals surface area contributed by atoms with Gasteiger partial charge in [0.05, 0.1) is 0 Å². The van der Waals surface area contributed by atoms with Crippen molar-refractivity contribution in [1.29, 1.82) is 0 Å². The fraction of sp³-hybridized carbons (Fsp3) is 0.500. The maximum atomic E-state index is 13.3. The number of anilines is 2. The molecular formula is C18H21F2N3O2S. The largest absolute Gasteiger partial charge is 0.431 e. The minimum absolute atomic E-state index is 0.167. The molecule has 26 heavy (non-hydrogen) atoms. The summed E-state index contributed by atoms with van der Waals surface area (Å²) in [6.45, 7) is 2.11. The Kier molecular flexibility index (Phi) is 4.69. The van der Waals surface area contributed by atoms with Crippen LogP contribution in [0.2, 0.25) is 0 Å². The van der Waals surface area contributed by atoms with Crippen molar-refractivity contribution in [1.82, 2.24) is 4.98 Å². The fourth-order valence-electron chi connectivity index (χ4n) is 3.31. The number of hydrogen-bond acceptors (Lipinski definition) is 5. The third-order valence-electron chi connectivity index (χ3n) is 4.96.